The highest BCUT2D eigenvalue weighted by atomic mass is 16.4. The van der Waals surface area contributed by atoms with E-state index in [1.165, 1.54) is 0 Å². The fourth-order valence-corrected chi connectivity index (χ4v) is 2.07. The monoisotopic (exact) mass is 221 g/mol. The molecule has 1 aromatic rings. The van der Waals surface area contributed by atoms with E-state index in [1.54, 1.807) is 0 Å². The zero-order chi connectivity index (χ0) is 12.2. The zero-order valence-corrected chi connectivity index (χ0v) is 9.81. The molecule has 1 aromatic carbocycles. The Balaban J connectivity index is 3.18. The molecule has 0 aliphatic carbocycles. The maximum atomic E-state index is 11.5. The van der Waals surface area contributed by atoms with E-state index in [4.69, 9.17) is 5.73 Å². The van der Waals surface area contributed by atoms with E-state index in [9.17, 15) is 9.90 Å². The molecule has 3 N–H and O–H groups in total. The van der Waals surface area contributed by atoms with Crippen LogP contribution in [0.1, 0.15) is 25.8 Å². The number of rotatable bonds is 5. The maximum Gasteiger partial charge on any atom is 0.315 e. The summed E-state index contributed by atoms with van der Waals surface area (Å²) >= 11 is 0. The number of benzene rings is 1. The number of carboxylic acid groups (broad SMARTS) is 1. The number of hydrogen-bond donors (Lipinski definition) is 2. The molecule has 0 amide bonds. The van der Waals surface area contributed by atoms with Crippen molar-refractivity contribution in [2.75, 3.05) is 6.54 Å². The van der Waals surface area contributed by atoms with Crippen molar-refractivity contribution in [3.63, 3.8) is 0 Å². The number of hydrogen-bond acceptors (Lipinski definition) is 2. The van der Waals surface area contributed by atoms with Gasteiger partial charge in [-0.25, -0.2) is 0 Å². The van der Waals surface area contributed by atoms with Gasteiger partial charge in [0.2, 0.25) is 0 Å². The van der Waals surface area contributed by atoms with Crippen molar-refractivity contribution in [3.05, 3.63) is 35.9 Å². The van der Waals surface area contributed by atoms with Crippen LogP contribution in [-0.4, -0.2) is 17.6 Å². The van der Waals surface area contributed by atoms with Gasteiger partial charge in [-0.3, -0.25) is 4.79 Å². The molecule has 0 aliphatic rings. The molecule has 0 fully saturated rings. The number of aliphatic carboxylic acids is 1. The number of nitrogens with two attached hydrogens (primary N) is 1. The minimum atomic E-state index is -0.949. The lowest BCUT2D eigenvalue weighted by Crippen LogP contribution is -2.44. The van der Waals surface area contributed by atoms with E-state index in [0.29, 0.717) is 12.3 Å². The smallest absolute Gasteiger partial charge is 0.315 e. The fraction of sp³-hybridized carbons (Fsp3) is 0.462. The maximum absolute atomic E-state index is 11.5. The van der Waals surface area contributed by atoms with E-state index < -0.39 is 11.4 Å². The van der Waals surface area contributed by atoms with Crippen molar-refractivity contribution in [1.82, 2.24) is 0 Å². The largest absolute Gasteiger partial charge is 0.481 e. The second-order valence-electron chi connectivity index (χ2n) is 4.56. The molecule has 0 saturated heterocycles. The summed E-state index contributed by atoms with van der Waals surface area (Å²) in [5.74, 6) is -0.547. The van der Waals surface area contributed by atoms with Crippen LogP contribution in [0.5, 0.6) is 0 Å². The normalized spacial score (nSPS) is 14.8. The summed E-state index contributed by atoms with van der Waals surface area (Å²) < 4.78 is 0. The first-order valence-electron chi connectivity index (χ1n) is 5.52. The lowest BCUT2D eigenvalue weighted by Gasteiger charge is -2.30. The molecule has 0 radical (unpaired) electrons. The van der Waals surface area contributed by atoms with Crippen molar-refractivity contribution in [3.8, 4) is 0 Å². The molecule has 16 heavy (non-hydrogen) atoms. The molecule has 0 aromatic heterocycles. The molecule has 0 aliphatic heterocycles. The second kappa shape index (κ2) is 5.12. The van der Waals surface area contributed by atoms with Gasteiger partial charge in [0.25, 0.3) is 0 Å². The van der Waals surface area contributed by atoms with E-state index in [0.717, 1.165) is 5.56 Å². The van der Waals surface area contributed by atoms with Gasteiger partial charge in [0.1, 0.15) is 5.41 Å². The predicted molar refractivity (Wildman–Crippen MR) is 64.3 cm³/mol. The van der Waals surface area contributed by atoms with E-state index in [2.05, 4.69) is 0 Å². The van der Waals surface area contributed by atoms with Crippen molar-refractivity contribution in [1.29, 1.82) is 0 Å². The van der Waals surface area contributed by atoms with Crippen LogP contribution in [0, 0.1) is 5.92 Å². The topological polar surface area (TPSA) is 63.3 Å². The first kappa shape index (κ1) is 12.7. The quantitative estimate of drug-likeness (QED) is 0.799. The third-order valence-corrected chi connectivity index (χ3v) is 2.84. The van der Waals surface area contributed by atoms with Crippen LogP contribution in [0.2, 0.25) is 0 Å². The average Bonchev–Trinajstić information content (AvgIpc) is 2.26. The van der Waals surface area contributed by atoms with Gasteiger partial charge in [-0.05, 0) is 17.9 Å². The molecule has 3 heteroatoms. The molecule has 1 unspecified atom stereocenters. The Kier molecular flexibility index (Phi) is 4.07. The van der Waals surface area contributed by atoms with Crippen LogP contribution in [0.15, 0.2) is 30.3 Å². The van der Waals surface area contributed by atoms with Crippen LogP contribution in [0.4, 0.5) is 0 Å². The molecule has 0 saturated carbocycles. The van der Waals surface area contributed by atoms with Crippen LogP contribution >= 0.6 is 0 Å². The second-order valence-corrected chi connectivity index (χ2v) is 4.56. The van der Waals surface area contributed by atoms with Gasteiger partial charge in [0.05, 0.1) is 0 Å². The molecule has 3 nitrogen and oxygen atoms in total. The average molecular weight is 221 g/mol. The molecule has 0 spiro atoms. The lowest BCUT2D eigenvalue weighted by atomic mass is 9.74. The van der Waals surface area contributed by atoms with Gasteiger partial charge in [-0.15, -0.1) is 0 Å². The summed E-state index contributed by atoms with van der Waals surface area (Å²) in [6, 6.07) is 9.25. The minimum absolute atomic E-state index is 0.129. The van der Waals surface area contributed by atoms with Crippen molar-refractivity contribution in [2.24, 2.45) is 11.7 Å². The Labute approximate surface area is 96.3 Å². The summed E-state index contributed by atoms with van der Waals surface area (Å²) in [6.45, 7) is 4.15. The lowest BCUT2D eigenvalue weighted by molar-refractivity contribution is -0.144. The summed E-state index contributed by atoms with van der Waals surface area (Å²) in [5.41, 5.74) is 5.55. The Morgan fingerprint density at radius 3 is 2.31 bits per heavy atom. The highest BCUT2D eigenvalue weighted by Gasteiger charge is 2.39. The van der Waals surface area contributed by atoms with Gasteiger partial charge < -0.3 is 10.8 Å². The highest BCUT2D eigenvalue weighted by Crippen LogP contribution is 2.30. The van der Waals surface area contributed by atoms with Crippen molar-refractivity contribution in [2.45, 2.75) is 25.7 Å². The third kappa shape index (κ3) is 2.42. The zero-order valence-electron chi connectivity index (χ0n) is 9.81. The van der Waals surface area contributed by atoms with Gasteiger partial charge >= 0.3 is 5.97 Å². The van der Waals surface area contributed by atoms with Crippen LogP contribution in [0.25, 0.3) is 0 Å². The van der Waals surface area contributed by atoms with E-state index in [-0.39, 0.29) is 6.54 Å². The summed E-state index contributed by atoms with van der Waals surface area (Å²) in [6.07, 6.45) is 0.558. The Hall–Kier alpha value is -1.35. The van der Waals surface area contributed by atoms with Crippen LogP contribution in [-0.2, 0) is 10.2 Å². The summed E-state index contributed by atoms with van der Waals surface area (Å²) in [5, 5.41) is 9.45. The van der Waals surface area contributed by atoms with Gasteiger partial charge in [-0.2, -0.15) is 0 Å². The molecule has 1 rings (SSSR count). The third-order valence-electron chi connectivity index (χ3n) is 2.84. The Morgan fingerprint density at radius 1 is 1.38 bits per heavy atom. The van der Waals surface area contributed by atoms with Crippen molar-refractivity contribution >= 4 is 5.97 Å². The molecular weight excluding hydrogens is 202 g/mol. The summed E-state index contributed by atoms with van der Waals surface area (Å²) in [4.78, 5) is 11.5. The molecule has 88 valence electrons. The Morgan fingerprint density at radius 2 is 1.94 bits per heavy atom. The molecule has 1 atom stereocenters. The van der Waals surface area contributed by atoms with E-state index >= 15 is 0 Å². The van der Waals surface area contributed by atoms with E-state index in [1.807, 2.05) is 44.2 Å². The van der Waals surface area contributed by atoms with Crippen LogP contribution in [0.3, 0.4) is 0 Å². The van der Waals surface area contributed by atoms with Gasteiger partial charge in [0.15, 0.2) is 0 Å². The number of carbonyl (C=O) groups is 1. The minimum Gasteiger partial charge on any atom is -0.481 e. The predicted octanol–water partition coefficient (Wildman–Crippen LogP) is 2.01. The number of carboxylic acids is 1. The summed E-state index contributed by atoms with van der Waals surface area (Å²) in [7, 11) is 0. The molecule has 0 bridgehead atoms. The van der Waals surface area contributed by atoms with Crippen LogP contribution < -0.4 is 5.73 Å². The fourth-order valence-electron chi connectivity index (χ4n) is 2.07. The standard InChI is InChI=1S/C13H19NO2/c1-10(2)8-13(9-14,12(15)16)11-6-4-3-5-7-11/h3-7,10H,8-9,14H2,1-2H3,(H,15,16). The highest BCUT2D eigenvalue weighted by molar-refractivity contribution is 5.81. The SMILES string of the molecule is CC(C)CC(CN)(C(=O)O)c1ccccc1. The van der Waals surface area contributed by atoms with Gasteiger partial charge in [0, 0.05) is 6.54 Å². The first-order valence-corrected chi connectivity index (χ1v) is 5.52. The Bertz CT molecular complexity index is 348. The molecule has 0 heterocycles. The first-order chi connectivity index (χ1) is 7.53. The van der Waals surface area contributed by atoms with Gasteiger partial charge in [-0.1, -0.05) is 44.2 Å². The van der Waals surface area contributed by atoms with Crippen molar-refractivity contribution < 1.29 is 9.90 Å². The molecular formula is C13H19NO2.